The van der Waals surface area contributed by atoms with Gasteiger partial charge in [0.1, 0.15) is 11.5 Å². The van der Waals surface area contributed by atoms with Gasteiger partial charge >= 0.3 is 0 Å². The van der Waals surface area contributed by atoms with E-state index in [0.717, 1.165) is 5.56 Å². The zero-order valence-corrected chi connectivity index (χ0v) is 18.2. The van der Waals surface area contributed by atoms with Gasteiger partial charge in [-0.05, 0) is 42.0 Å². The molecule has 0 saturated heterocycles. The van der Waals surface area contributed by atoms with Crippen LogP contribution < -0.4 is 19.5 Å². The van der Waals surface area contributed by atoms with E-state index in [1.165, 1.54) is 45.6 Å². The summed E-state index contributed by atoms with van der Waals surface area (Å²) < 4.78 is 46.3. The van der Waals surface area contributed by atoms with Crippen molar-refractivity contribution in [1.82, 2.24) is 5.32 Å². The number of ether oxygens (including phenoxy) is 3. The molecule has 164 valence electrons. The molecule has 0 unspecified atom stereocenters. The lowest BCUT2D eigenvalue weighted by Gasteiger charge is -2.14. The summed E-state index contributed by atoms with van der Waals surface area (Å²) in [4.78, 5) is 12.7. The van der Waals surface area contributed by atoms with Crippen molar-refractivity contribution in [2.75, 3.05) is 21.3 Å². The van der Waals surface area contributed by atoms with E-state index in [1.807, 2.05) is 0 Å². The van der Waals surface area contributed by atoms with Crippen molar-refractivity contribution >= 4 is 15.7 Å². The van der Waals surface area contributed by atoms with Gasteiger partial charge in [-0.3, -0.25) is 4.79 Å². The first kappa shape index (κ1) is 22.2. The van der Waals surface area contributed by atoms with Crippen LogP contribution in [-0.2, 0) is 22.1 Å². The van der Waals surface area contributed by atoms with Crippen LogP contribution in [0.25, 0.3) is 0 Å². The number of amides is 1. The van der Waals surface area contributed by atoms with Crippen molar-refractivity contribution in [3.8, 4) is 17.2 Å². The molecule has 0 saturated carbocycles. The number of carbonyl (C=O) groups is 1. The lowest BCUT2D eigenvalue weighted by atomic mass is 10.1. The smallest absolute Gasteiger partial charge is 0.287 e. The van der Waals surface area contributed by atoms with Crippen molar-refractivity contribution in [1.29, 1.82) is 0 Å². The summed E-state index contributed by atoms with van der Waals surface area (Å²) in [5.41, 5.74) is 0.723. The van der Waals surface area contributed by atoms with Crippen molar-refractivity contribution in [2.24, 2.45) is 0 Å². The highest BCUT2D eigenvalue weighted by Crippen LogP contribution is 2.38. The quantitative estimate of drug-likeness (QED) is 0.539. The zero-order chi connectivity index (χ0) is 22.4. The van der Waals surface area contributed by atoms with Gasteiger partial charge in [0.2, 0.25) is 5.75 Å². The summed E-state index contributed by atoms with van der Waals surface area (Å²) in [6, 6.07) is 14.4. The molecule has 0 aliphatic carbocycles. The molecule has 3 rings (SSSR count). The zero-order valence-electron chi connectivity index (χ0n) is 17.4. The van der Waals surface area contributed by atoms with Crippen LogP contribution in [0.2, 0.25) is 0 Å². The number of hydrogen-bond acceptors (Lipinski definition) is 7. The van der Waals surface area contributed by atoms with Crippen LogP contribution in [0, 0.1) is 0 Å². The first-order valence-corrected chi connectivity index (χ1v) is 11.0. The van der Waals surface area contributed by atoms with Gasteiger partial charge in [-0.25, -0.2) is 8.42 Å². The van der Waals surface area contributed by atoms with Gasteiger partial charge < -0.3 is 23.9 Å². The molecule has 1 heterocycles. The average Bonchev–Trinajstić information content (AvgIpc) is 3.25. The van der Waals surface area contributed by atoms with Crippen LogP contribution in [0.3, 0.4) is 0 Å². The number of carbonyl (C=O) groups excluding carboxylic acids is 1. The van der Waals surface area contributed by atoms with Crippen molar-refractivity contribution in [3.05, 3.63) is 71.7 Å². The van der Waals surface area contributed by atoms with Crippen LogP contribution >= 0.6 is 0 Å². The fourth-order valence-corrected chi connectivity index (χ4v) is 4.25. The predicted octanol–water partition coefficient (Wildman–Crippen LogP) is 3.21. The van der Waals surface area contributed by atoms with E-state index in [-0.39, 0.29) is 28.7 Å². The maximum absolute atomic E-state index is 12.5. The second-order valence-electron chi connectivity index (χ2n) is 6.55. The first-order valence-electron chi connectivity index (χ1n) is 9.31. The summed E-state index contributed by atoms with van der Waals surface area (Å²) in [6.45, 7) is 0.174. The number of benzene rings is 2. The maximum Gasteiger partial charge on any atom is 0.287 e. The van der Waals surface area contributed by atoms with Gasteiger partial charge in [0.05, 0.1) is 26.2 Å². The summed E-state index contributed by atoms with van der Waals surface area (Å²) >= 11 is 0. The number of sulfone groups is 1. The fourth-order valence-electron chi connectivity index (χ4n) is 2.98. The minimum atomic E-state index is -3.57. The molecule has 0 spiro atoms. The molecular weight excluding hydrogens is 422 g/mol. The molecule has 3 aromatic rings. The van der Waals surface area contributed by atoms with E-state index in [2.05, 4.69) is 5.32 Å². The highest BCUT2D eigenvalue weighted by molar-refractivity contribution is 7.90. The van der Waals surface area contributed by atoms with Crippen molar-refractivity contribution in [2.45, 2.75) is 17.2 Å². The molecule has 0 aliphatic heterocycles. The summed E-state index contributed by atoms with van der Waals surface area (Å²) in [7, 11) is 0.955. The molecular formula is C22H23NO7S. The van der Waals surface area contributed by atoms with E-state index in [1.54, 1.807) is 30.3 Å². The number of hydrogen-bond donors (Lipinski definition) is 1. The Hall–Kier alpha value is -3.46. The normalized spacial score (nSPS) is 11.1. The molecule has 0 atom stereocenters. The van der Waals surface area contributed by atoms with Gasteiger partial charge in [-0.15, -0.1) is 0 Å². The van der Waals surface area contributed by atoms with Crippen LogP contribution in [0.15, 0.2) is 63.9 Å². The number of methoxy groups -OCH3 is 3. The van der Waals surface area contributed by atoms with Gasteiger partial charge in [-0.2, -0.15) is 0 Å². The molecule has 31 heavy (non-hydrogen) atoms. The second kappa shape index (κ2) is 9.57. The molecule has 1 amide bonds. The Morgan fingerprint density at radius 2 is 1.58 bits per heavy atom. The van der Waals surface area contributed by atoms with Crippen LogP contribution in [0.5, 0.6) is 17.2 Å². The number of furan rings is 1. The summed E-state index contributed by atoms with van der Waals surface area (Å²) in [6.07, 6.45) is 0. The number of rotatable bonds is 9. The van der Waals surface area contributed by atoms with Gasteiger partial charge in [0, 0.05) is 6.54 Å². The molecule has 0 aliphatic rings. The third-order valence-corrected chi connectivity index (χ3v) is 6.15. The predicted molar refractivity (Wildman–Crippen MR) is 113 cm³/mol. The lowest BCUT2D eigenvalue weighted by Crippen LogP contribution is -2.22. The highest BCUT2D eigenvalue weighted by atomic mass is 32.2. The fraction of sp³-hybridized carbons (Fsp3) is 0.227. The van der Waals surface area contributed by atoms with Crippen LogP contribution in [-0.4, -0.2) is 35.7 Å². The molecule has 0 fully saturated rings. The minimum Gasteiger partial charge on any atom is -0.493 e. The Labute approximate surface area is 180 Å². The van der Waals surface area contributed by atoms with Crippen molar-refractivity contribution in [3.63, 3.8) is 0 Å². The van der Waals surface area contributed by atoms with Crippen molar-refractivity contribution < 1.29 is 31.8 Å². The number of nitrogens with one attached hydrogen (secondary N) is 1. The van der Waals surface area contributed by atoms with E-state index in [0.29, 0.717) is 17.2 Å². The van der Waals surface area contributed by atoms with E-state index >= 15 is 0 Å². The van der Waals surface area contributed by atoms with E-state index in [4.69, 9.17) is 18.6 Å². The molecule has 0 radical (unpaired) electrons. The molecule has 0 bridgehead atoms. The SMILES string of the molecule is COc1cc(CNC(=O)c2ccc(CS(=O)(=O)c3ccccc3)o2)cc(OC)c1OC. The lowest BCUT2D eigenvalue weighted by molar-refractivity contribution is 0.0921. The third kappa shape index (κ3) is 5.18. The topological polar surface area (TPSA) is 104 Å². The molecule has 8 nitrogen and oxygen atoms in total. The monoisotopic (exact) mass is 445 g/mol. The van der Waals surface area contributed by atoms with Gasteiger partial charge in [0.25, 0.3) is 5.91 Å². The Morgan fingerprint density at radius 1 is 0.935 bits per heavy atom. The maximum atomic E-state index is 12.5. The van der Waals surface area contributed by atoms with E-state index < -0.39 is 15.7 Å². The average molecular weight is 445 g/mol. The van der Waals surface area contributed by atoms with E-state index in [9.17, 15) is 13.2 Å². The molecule has 1 N–H and O–H groups in total. The Bertz CT molecular complexity index is 1130. The van der Waals surface area contributed by atoms with Gasteiger partial charge in [-0.1, -0.05) is 18.2 Å². The van der Waals surface area contributed by atoms with Crippen LogP contribution in [0.4, 0.5) is 0 Å². The molecule has 2 aromatic carbocycles. The Balaban J connectivity index is 1.68. The summed E-state index contributed by atoms with van der Waals surface area (Å²) in [5.74, 6) is 0.784. The Morgan fingerprint density at radius 3 is 2.16 bits per heavy atom. The molecule has 9 heteroatoms. The van der Waals surface area contributed by atoms with Crippen LogP contribution in [0.1, 0.15) is 21.9 Å². The second-order valence-corrected chi connectivity index (χ2v) is 8.54. The minimum absolute atomic E-state index is 0.0192. The first-order chi connectivity index (χ1) is 14.9. The standard InChI is InChI=1S/C22H23NO7S/c1-27-19-11-15(12-20(28-2)21(19)29-3)13-23-22(24)18-10-9-16(30-18)14-31(25,26)17-7-5-4-6-8-17/h4-12H,13-14H2,1-3H3,(H,23,24). The van der Waals surface area contributed by atoms with Gasteiger partial charge in [0.15, 0.2) is 27.1 Å². The Kier molecular flexibility index (Phi) is 6.86. The third-order valence-electron chi connectivity index (χ3n) is 4.50. The largest absolute Gasteiger partial charge is 0.493 e. The molecule has 1 aromatic heterocycles. The highest BCUT2D eigenvalue weighted by Gasteiger charge is 2.19. The summed E-state index contributed by atoms with van der Waals surface area (Å²) in [5, 5.41) is 2.73.